The molecule has 0 heterocycles. The zero-order valence-corrected chi connectivity index (χ0v) is 19.7. The topological polar surface area (TPSA) is 17.1 Å². The Balaban J connectivity index is 1.94. The average molecular weight is 469 g/mol. The van der Waals surface area contributed by atoms with Crippen molar-refractivity contribution in [3.8, 4) is 0 Å². The minimum atomic E-state index is 0.0107. The molecule has 3 aliphatic carbocycles. The standard InChI is InChI=1S/C24H38IO/c1-7-8-21-20-10-9-18-15-19(25-6)11-13-24(18,5)22(20)12-14-23(21,4)16(2)17(3)26/h9,19-22H,2,7-8,10-15H2,1,3-6H3/q-1. The molecule has 0 aromatic carbocycles. The number of carbonyl (C=O) groups excluding carboxylic acids is 1. The van der Waals surface area contributed by atoms with Crippen molar-refractivity contribution in [2.24, 2.45) is 28.6 Å². The maximum absolute atomic E-state index is 12.2. The summed E-state index contributed by atoms with van der Waals surface area (Å²) in [5.74, 6) is 2.39. The van der Waals surface area contributed by atoms with Crippen molar-refractivity contribution >= 4 is 5.78 Å². The number of Topliss-reactive ketones (excluding diaryl/α,β-unsaturated/α-hetero) is 1. The SMILES string of the molecule is C=C(C(C)=O)C1(C)CCC2C(CC=C3CC([I-]C)CCC32C)C1CCC. The zero-order chi connectivity index (χ0) is 19.1. The quantitative estimate of drug-likeness (QED) is 0.262. The van der Waals surface area contributed by atoms with Gasteiger partial charge in [-0.3, -0.25) is 0 Å². The maximum atomic E-state index is 12.2. The van der Waals surface area contributed by atoms with Gasteiger partial charge in [0.05, 0.1) is 0 Å². The molecule has 3 aliphatic rings. The van der Waals surface area contributed by atoms with Crippen LogP contribution in [-0.4, -0.2) is 14.6 Å². The van der Waals surface area contributed by atoms with Gasteiger partial charge in [0.25, 0.3) is 0 Å². The molecule has 0 N–H and O–H groups in total. The Morgan fingerprint density at radius 3 is 2.65 bits per heavy atom. The Hall–Kier alpha value is -0.120. The molecule has 148 valence electrons. The van der Waals surface area contributed by atoms with Crippen LogP contribution in [0.15, 0.2) is 23.8 Å². The number of fused-ring (bicyclic) bond motifs is 3. The number of hydrogen-bond donors (Lipinski definition) is 0. The summed E-state index contributed by atoms with van der Waals surface area (Å²) in [7, 11) is 0. The first-order valence-electron chi connectivity index (χ1n) is 10.7. The summed E-state index contributed by atoms with van der Waals surface area (Å²) < 4.78 is 1.02. The fraction of sp³-hybridized carbons (Fsp3) is 0.792. The molecule has 0 saturated heterocycles. The van der Waals surface area contributed by atoms with Gasteiger partial charge in [0.1, 0.15) is 0 Å². The summed E-state index contributed by atoms with van der Waals surface area (Å²) >= 11 is 0.372. The third kappa shape index (κ3) is 3.26. The van der Waals surface area contributed by atoms with Crippen LogP contribution < -0.4 is 21.2 Å². The van der Waals surface area contributed by atoms with E-state index < -0.39 is 0 Å². The van der Waals surface area contributed by atoms with E-state index in [0.29, 0.717) is 32.5 Å². The van der Waals surface area contributed by atoms with Crippen LogP contribution >= 0.6 is 0 Å². The Labute approximate surface area is 171 Å². The summed E-state index contributed by atoms with van der Waals surface area (Å²) in [6, 6.07) is 0. The Morgan fingerprint density at radius 1 is 1.31 bits per heavy atom. The summed E-state index contributed by atoms with van der Waals surface area (Å²) in [5.41, 5.74) is 3.15. The van der Waals surface area contributed by atoms with E-state index in [9.17, 15) is 4.79 Å². The van der Waals surface area contributed by atoms with Gasteiger partial charge in [-0.15, -0.1) is 0 Å². The molecule has 2 heteroatoms. The van der Waals surface area contributed by atoms with Gasteiger partial charge in [-0.2, -0.15) is 0 Å². The average Bonchev–Trinajstić information content (AvgIpc) is 2.62. The number of carbonyl (C=O) groups is 1. The van der Waals surface area contributed by atoms with Gasteiger partial charge < -0.3 is 0 Å². The normalized spacial score (nSPS) is 42.6. The second-order valence-electron chi connectivity index (χ2n) is 9.60. The van der Waals surface area contributed by atoms with Gasteiger partial charge >= 0.3 is 172 Å². The Bertz CT molecular complexity index is 605. The van der Waals surface area contributed by atoms with Gasteiger partial charge in [0.15, 0.2) is 0 Å². The van der Waals surface area contributed by atoms with Gasteiger partial charge in [0, 0.05) is 0 Å². The summed E-state index contributed by atoms with van der Waals surface area (Å²) in [5, 5.41) is 0. The van der Waals surface area contributed by atoms with E-state index in [1.807, 2.05) is 0 Å². The van der Waals surface area contributed by atoms with Crippen LogP contribution in [0.3, 0.4) is 0 Å². The number of allylic oxidation sites excluding steroid dienone is 3. The van der Waals surface area contributed by atoms with Crippen molar-refractivity contribution in [2.45, 2.75) is 83.0 Å². The summed E-state index contributed by atoms with van der Waals surface area (Å²) in [6.45, 7) is 13.2. The Morgan fingerprint density at radius 2 is 2.04 bits per heavy atom. The summed E-state index contributed by atoms with van der Waals surface area (Å²) in [4.78, 5) is 14.7. The molecule has 0 aromatic heterocycles. The number of hydrogen-bond acceptors (Lipinski definition) is 1. The van der Waals surface area contributed by atoms with Crippen molar-refractivity contribution in [3.05, 3.63) is 23.8 Å². The van der Waals surface area contributed by atoms with E-state index in [0.717, 1.165) is 27.8 Å². The van der Waals surface area contributed by atoms with E-state index in [2.05, 4.69) is 38.4 Å². The van der Waals surface area contributed by atoms with Gasteiger partial charge in [0.2, 0.25) is 0 Å². The van der Waals surface area contributed by atoms with E-state index in [-0.39, 0.29) is 11.2 Å². The van der Waals surface area contributed by atoms with Crippen LogP contribution in [0.2, 0.25) is 0 Å². The van der Waals surface area contributed by atoms with Crippen molar-refractivity contribution < 1.29 is 26.0 Å². The molecule has 2 saturated carbocycles. The van der Waals surface area contributed by atoms with Crippen LogP contribution in [0.25, 0.3) is 0 Å². The molecule has 0 radical (unpaired) electrons. The predicted octanol–water partition coefficient (Wildman–Crippen LogP) is 3.19. The Kier molecular flexibility index (Phi) is 6.12. The van der Waals surface area contributed by atoms with Crippen LogP contribution in [-0.2, 0) is 4.79 Å². The van der Waals surface area contributed by atoms with Crippen LogP contribution in [0.5, 0.6) is 0 Å². The second kappa shape index (κ2) is 7.72. The molecule has 0 aromatic rings. The monoisotopic (exact) mass is 469 g/mol. The minimum absolute atomic E-state index is 0.0107. The summed E-state index contributed by atoms with van der Waals surface area (Å²) in [6.07, 6.45) is 13.0. The van der Waals surface area contributed by atoms with Gasteiger partial charge in [-0.1, -0.05) is 0 Å². The predicted molar refractivity (Wildman–Crippen MR) is 107 cm³/mol. The van der Waals surface area contributed by atoms with Crippen molar-refractivity contribution in [2.75, 3.05) is 4.93 Å². The second-order valence-corrected chi connectivity index (χ2v) is 12.6. The van der Waals surface area contributed by atoms with Crippen molar-refractivity contribution in [1.82, 2.24) is 0 Å². The van der Waals surface area contributed by atoms with Crippen LogP contribution in [0, 0.1) is 28.6 Å². The first kappa shape index (κ1) is 20.6. The molecule has 1 nitrogen and oxygen atoms in total. The molecule has 0 aliphatic heterocycles. The fourth-order valence-electron chi connectivity index (χ4n) is 6.74. The van der Waals surface area contributed by atoms with Crippen molar-refractivity contribution in [3.63, 3.8) is 0 Å². The van der Waals surface area contributed by atoms with E-state index in [1.54, 1.807) is 12.5 Å². The number of ketones is 1. The van der Waals surface area contributed by atoms with Crippen LogP contribution in [0.4, 0.5) is 0 Å². The molecule has 3 rings (SSSR count). The first-order chi connectivity index (χ1) is 12.3. The molecule has 6 atom stereocenters. The third-order valence-corrected chi connectivity index (χ3v) is 11.3. The fourth-order valence-corrected chi connectivity index (χ4v) is 8.59. The molecule has 26 heavy (non-hydrogen) atoms. The van der Waals surface area contributed by atoms with Gasteiger partial charge in [-0.05, 0) is 0 Å². The molecule has 2 fully saturated rings. The molecule has 0 spiro atoms. The molecular formula is C24H38IO-. The van der Waals surface area contributed by atoms with Gasteiger partial charge in [-0.25, -0.2) is 0 Å². The van der Waals surface area contributed by atoms with E-state index >= 15 is 0 Å². The molecule has 0 bridgehead atoms. The number of alkyl halides is 2. The van der Waals surface area contributed by atoms with E-state index in [1.165, 1.54) is 44.9 Å². The molecule has 6 unspecified atom stereocenters. The number of rotatable bonds is 5. The molecule has 0 amide bonds. The zero-order valence-electron chi connectivity index (χ0n) is 17.5. The molecular weight excluding hydrogens is 431 g/mol. The van der Waals surface area contributed by atoms with E-state index in [4.69, 9.17) is 0 Å². The first-order valence-corrected chi connectivity index (χ1v) is 14.1. The van der Waals surface area contributed by atoms with Crippen molar-refractivity contribution in [1.29, 1.82) is 0 Å². The van der Waals surface area contributed by atoms with Crippen LogP contribution in [0.1, 0.15) is 79.1 Å². The number of halogens is 1. The third-order valence-electron chi connectivity index (χ3n) is 8.46.